The van der Waals surface area contributed by atoms with Crippen LogP contribution < -0.4 is 5.32 Å². The van der Waals surface area contributed by atoms with Crippen molar-refractivity contribution in [2.45, 2.75) is 67.2 Å². The molecule has 1 N–H and O–H groups in total. The first-order valence-corrected chi connectivity index (χ1v) is 6.47. The Morgan fingerprint density at radius 3 is 1.93 bits per heavy atom. The summed E-state index contributed by atoms with van der Waals surface area (Å²) in [6, 6.07) is 0. The van der Waals surface area contributed by atoms with Crippen molar-refractivity contribution in [1.29, 1.82) is 0 Å². The van der Waals surface area contributed by atoms with Gasteiger partial charge in [-0.15, -0.1) is 0 Å². The van der Waals surface area contributed by atoms with Crippen LogP contribution in [0, 0.1) is 0 Å². The molecule has 0 unspecified atom stereocenters. The standard InChI is InChI=1S/C9H19NO.2C2H6/c1-3-10-8-6-4-5-7-9(2)11;2*1-2/h10H,3-8H2,1-2H3;2*1-2H3. The molecule has 2 nitrogen and oxygen atoms in total. The lowest BCUT2D eigenvalue weighted by atomic mass is 10.1. The first-order valence-electron chi connectivity index (χ1n) is 6.47. The van der Waals surface area contributed by atoms with Gasteiger partial charge in [-0.05, 0) is 32.9 Å². The molecule has 0 saturated carbocycles. The number of hydrogen-bond acceptors (Lipinski definition) is 2. The lowest BCUT2D eigenvalue weighted by molar-refractivity contribution is -0.117. The summed E-state index contributed by atoms with van der Waals surface area (Å²) in [6.07, 6.45) is 4.18. The average molecular weight is 217 g/mol. The van der Waals surface area contributed by atoms with Crippen molar-refractivity contribution in [1.82, 2.24) is 5.32 Å². The van der Waals surface area contributed by atoms with Crippen LogP contribution in [0.1, 0.15) is 67.2 Å². The van der Waals surface area contributed by atoms with Gasteiger partial charge in [-0.2, -0.15) is 0 Å². The summed E-state index contributed by atoms with van der Waals surface area (Å²) in [5.41, 5.74) is 0. The van der Waals surface area contributed by atoms with E-state index in [1.54, 1.807) is 6.92 Å². The molecule has 15 heavy (non-hydrogen) atoms. The van der Waals surface area contributed by atoms with E-state index in [9.17, 15) is 4.79 Å². The number of carbonyl (C=O) groups excluding carboxylic acids is 1. The van der Waals surface area contributed by atoms with Gasteiger partial charge in [0.1, 0.15) is 5.78 Å². The highest BCUT2D eigenvalue weighted by Crippen LogP contribution is 1.98. The van der Waals surface area contributed by atoms with Gasteiger partial charge in [-0.1, -0.05) is 41.0 Å². The fourth-order valence-electron chi connectivity index (χ4n) is 0.977. The second-order valence-electron chi connectivity index (χ2n) is 2.87. The van der Waals surface area contributed by atoms with Gasteiger partial charge in [0, 0.05) is 6.42 Å². The molecule has 94 valence electrons. The van der Waals surface area contributed by atoms with Crippen LogP contribution in [0.15, 0.2) is 0 Å². The molecule has 0 heterocycles. The molecule has 0 spiro atoms. The molecule has 0 radical (unpaired) electrons. The molecule has 0 aromatic rings. The second-order valence-corrected chi connectivity index (χ2v) is 2.87. The smallest absolute Gasteiger partial charge is 0.129 e. The van der Waals surface area contributed by atoms with Gasteiger partial charge in [0.2, 0.25) is 0 Å². The topological polar surface area (TPSA) is 29.1 Å². The van der Waals surface area contributed by atoms with E-state index in [4.69, 9.17) is 0 Å². The molecule has 0 rings (SSSR count). The number of rotatable bonds is 7. The van der Waals surface area contributed by atoms with Crippen LogP contribution in [0.5, 0.6) is 0 Å². The molecule has 0 aliphatic carbocycles. The third-order valence-electron chi connectivity index (χ3n) is 1.63. The molecule has 0 amide bonds. The number of unbranched alkanes of at least 4 members (excludes halogenated alkanes) is 2. The Labute approximate surface area is 96.8 Å². The van der Waals surface area contributed by atoms with Gasteiger partial charge >= 0.3 is 0 Å². The number of nitrogens with one attached hydrogen (secondary N) is 1. The van der Waals surface area contributed by atoms with E-state index in [-0.39, 0.29) is 0 Å². The largest absolute Gasteiger partial charge is 0.317 e. The summed E-state index contributed by atoms with van der Waals surface area (Å²) in [4.78, 5) is 10.5. The van der Waals surface area contributed by atoms with E-state index >= 15 is 0 Å². The zero-order chi connectivity index (χ0) is 12.5. The molecular formula is C13H31NO. The van der Waals surface area contributed by atoms with E-state index in [1.807, 2.05) is 27.7 Å². The van der Waals surface area contributed by atoms with Crippen molar-refractivity contribution in [2.75, 3.05) is 13.1 Å². The molecule has 0 aromatic carbocycles. The first-order chi connectivity index (χ1) is 7.27. The van der Waals surface area contributed by atoms with Crippen LogP contribution in [0.25, 0.3) is 0 Å². The SMILES string of the molecule is CC.CC.CCNCCCCCC(C)=O. The maximum Gasteiger partial charge on any atom is 0.129 e. The predicted molar refractivity (Wildman–Crippen MR) is 70.4 cm³/mol. The Bertz CT molecular complexity index is 103. The highest BCUT2D eigenvalue weighted by atomic mass is 16.1. The van der Waals surface area contributed by atoms with E-state index in [0.29, 0.717) is 5.78 Å². The Morgan fingerprint density at radius 2 is 1.53 bits per heavy atom. The van der Waals surface area contributed by atoms with Crippen LogP contribution >= 0.6 is 0 Å². The van der Waals surface area contributed by atoms with Gasteiger partial charge < -0.3 is 10.1 Å². The Morgan fingerprint density at radius 1 is 1.00 bits per heavy atom. The number of Topliss-reactive ketones (excluding diaryl/α,β-unsaturated/α-hetero) is 1. The lowest BCUT2D eigenvalue weighted by Crippen LogP contribution is -2.13. The van der Waals surface area contributed by atoms with Crippen molar-refractivity contribution in [3.63, 3.8) is 0 Å². The minimum absolute atomic E-state index is 0.313. The van der Waals surface area contributed by atoms with Crippen LogP contribution in [0.4, 0.5) is 0 Å². The highest BCUT2D eigenvalue weighted by molar-refractivity contribution is 5.75. The van der Waals surface area contributed by atoms with Gasteiger partial charge in [0.15, 0.2) is 0 Å². The van der Waals surface area contributed by atoms with Crippen LogP contribution in [-0.2, 0) is 4.79 Å². The summed E-state index contributed by atoms with van der Waals surface area (Å²) in [6.45, 7) is 13.9. The molecule has 0 atom stereocenters. The van der Waals surface area contributed by atoms with Crippen molar-refractivity contribution in [3.8, 4) is 0 Å². The minimum Gasteiger partial charge on any atom is -0.317 e. The molecule has 0 saturated heterocycles. The maximum atomic E-state index is 10.5. The second kappa shape index (κ2) is 23.4. The van der Waals surface area contributed by atoms with Crippen LogP contribution in [-0.4, -0.2) is 18.9 Å². The quantitative estimate of drug-likeness (QED) is 0.657. The van der Waals surface area contributed by atoms with Gasteiger partial charge in [0.25, 0.3) is 0 Å². The summed E-state index contributed by atoms with van der Waals surface area (Å²) in [5, 5.41) is 3.25. The van der Waals surface area contributed by atoms with Crippen molar-refractivity contribution in [2.24, 2.45) is 0 Å². The summed E-state index contributed by atoms with van der Waals surface area (Å²) < 4.78 is 0. The van der Waals surface area contributed by atoms with E-state index in [0.717, 1.165) is 25.9 Å². The third-order valence-corrected chi connectivity index (χ3v) is 1.63. The summed E-state index contributed by atoms with van der Waals surface area (Å²) in [5.74, 6) is 0.313. The van der Waals surface area contributed by atoms with Crippen LogP contribution in [0.3, 0.4) is 0 Å². The van der Waals surface area contributed by atoms with Gasteiger partial charge in [-0.3, -0.25) is 0 Å². The monoisotopic (exact) mass is 217 g/mol. The molecular weight excluding hydrogens is 186 g/mol. The normalized spacial score (nSPS) is 8.13. The molecule has 0 bridgehead atoms. The van der Waals surface area contributed by atoms with Crippen LogP contribution in [0.2, 0.25) is 0 Å². The Kier molecular flexibility index (Phi) is 31.4. The first kappa shape index (κ1) is 20.1. The fourth-order valence-corrected chi connectivity index (χ4v) is 0.977. The minimum atomic E-state index is 0.313. The van der Waals surface area contributed by atoms with Crippen molar-refractivity contribution < 1.29 is 4.79 Å². The predicted octanol–water partition coefficient (Wildman–Crippen LogP) is 3.80. The highest BCUT2D eigenvalue weighted by Gasteiger charge is 1.92. The number of ketones is 1. The summed E-state index contributed by atoms with van der Waals surface area (Å²) in [7, 11) is 0. The third kappa shape index (κ3) is 31.7. The Hall–Kier alpha value is -0.370. The summed E-state index contributed by atoms with van der Waals surface area (Å²) >= 11 is 0. The zero-order valence-corrected chi connectivity index (χ0v) is 11.7. The number of hydrogen-bond donors (Lipinski definition) is 1. The number of carbonyl (C=O) groups is 1. The molecule has 0 aromatic heterocycles. The van der Waals surface area contributed by atoms with Crippen molar-refractivity contribution in [3.05, 3.63) is 0 Å². The molecule has 0 fully saturated rings. The molecule has 0 aliphatic heterocycles. The van der Waals surface area contributed by atoms with E-state index in [2.05, 4.69) is 12.2 Å². The van der Waals surface area contributed by atoms with Gasteiger partial charge in [-0.25, -0.2) is 0 Å². The Balaban J connectivity index is -0.000000318. The van der Waals surface area contributed by atoms with Crippen molar-refractivity contribution >= 4 is 5.78 Å². The van der Waals surface area contributed by atoms with E-state index < -0.39 is 0 Å². The fraction of sp³-hybridized carbons (Fsp3) is 0.923. The molecule has 2 heteroatoms. The maximum absolute atomic E-state index is 10.5. The lowest BCUT2D eigenvalue weighted by Gasteiger charge is -1.99. The van der Waals surface area contributed by atoms with Gasteiger partial charge in [0.05, 0.1) is 0 Å². The molecule has 0 aliphatic rings. The average Bonchev–Trinajstić information content (AvgIpc) is 2.28. The van der Waals surface area contributed by atoms with E-state index in [1.165, 1.54) is 12.8 Å². The zero-order valence-electron chi connectivity index (χ0n) is 11.7.